The highest BCUT2D eigenvalue weighted by molar-refractivity contribution is 6.32. The zero-order chi connectivity index (χ0) is 17.9. The van der Waals surface area contributed by atoms with E-state index in [0.29, 0.717) is 0 Å². The van der Waals surface area contributed by atoms with Crippen molar-refractivity contribution >= 4 is 23.3 Å². The number of halogens is 4. The summed E-state index contributed by atoms with van der Waals surface area (Å²) in [7, 11) is 1.16. The van der Waals surface area contributed by atoms with Crippen LogP contribution in [0.25, 0.3) is 5.53 Å². The van der Waals surface area contributed by atoms with Crippen molar-refractivity contribution in [3.8, 4) is 5.75 Å². The molecule has 1 aromatic rings. The van der Waals surface area contributed by atoms with Crippen LogP contribution in [0.15, 0.2) is 42.2 Å². The van der Waals surface area contributed by atoms with Gasteiger partial charge in [-0.1, -0.05) is 11.6 Å². The fourth-order valence-electron chi connectivity index (χ4n) is 1.94. The molecule has 5 nitrogen and oxygen atoms in total. The molecule has 0 heterocycles. The molecule has 0 amide bonds. The van der Waals surface area contributed by atoms with Gasteiger partial charge in [0.05, 0.1) is 17.7 Å². The van der Waals surface area contributed by atoms with Gasteiger partial charge in [-0.25, -0.2) is 0 Å². The summed E-state index contributed by atoms with van der Waals surface area (Å²) >= 11 is 5.81. The topological polar surface area (TPSA) is 71.9 Å². The second-order valence-electron chi connectivity index (χ2n) is 4.67. The lowest BCUT2D eigenvalue weighted by Crippen LogP contribution is -2.25. The van der Waals surface area contributed by atoms with Gasteiger partial charge in [-0.15, -0.1) is 0 Å². The minimum atomic E-state index is -4.52. The molecule has 0 aliphatic heterocycles. The highest BCUT2D eigenvalue weighted by Crippen LogP contribution is 2.35. The third-order valence-electron chi connectivity index (χ3n) is 3.13. The highest BCUT2D eigenvalue weighted by atomic mass is 35.5. The number of nitrogens with zero attached hydrogens (tertiary/aromatic N) is 2. The number of hydrogen-bond acceptors (Lipinski definition) is 3. The fraction of sp³-hybridized carbons (Fsp3) is 0.200. The Labute approximate surface area is 139 Å². The van der Waals surface area contributed by atoms with Crippen LogP contribution < -0.4 is 4.74 Å². The van der Waals surface area contributed by atoms with E-state index in [1.165, 1.54) is 18.2 Å². The predicted octanol–water partition coefficient (Wildman–Crippen LogP) is 3.65. The van der Waals surface area contributed by atoms with E-state index >= 15 is 0 Å². The molecule has 0 saturated heterocycles. The van der Waals surface area contributed by atoms with Gasteiger partial charge in [-0.05, 0) is 30.4 Å². The summed E-state index contributed by atoms with van der Waals surface area (Å²) in [4.78, 5) is 14.6. The van der Waals surface area contributed by atoms with Gasteiger partial charge in [0.2, 0.25) is 0 Å². The summed E-state index contributed by atoms with van der Waals surface area (Å²) in [5, 5.41) is -0.240. The lowest BCUT2D eigenvalue weighted by Gasteiger charge is -2.14. The van der Waals surface area contributed by atoms with Crippen molar-refractivity contribution in [2.75, 3.05) is 7.11 Å². The molecule has 1 atom stereocenters. The van der Waals surface area contributed by atoms with Gasteiger partial charge in [0.1, 0.15) is 11.5 Å². The second-order valence-corrected chi connectivity index (χ2v) is 5.08. The normalized spacial score (nSPS) is 17.1. The van der Waals surface area contributed by atoms with E-state index < -0.39 is 23.6 Å². The van der Waals surface area contributed by atoms with Gasteiger partial charge < -0.3 is 15.0 Å². The molecule has 1 unspecified atom stereocenters. The Hall–Kier alpha value is -2.57. The summed E-state index contributed by atoms with van der Waals surface area (Å²) in [6.45, 7) is 0. The van der Waals surface area contributed by atoms with E-state index in [2.05, 4.69) is 9.53 Å². The summed E-state index contributed by atoms with van der Waals surface area (Å²) in [5.41, 5.74) is 7.99. The van der Waals surface area contributed by atoms with Gasteiger partial charge in [-0.2, -0.15) is 18.0 Å². The quantitative estimate of drug-likeness (QED) is 0.470. The van der Waals surface area contributed by atoms with Crippen molar-refractivity contribution in [2.45, 2.75) is 6.18 Å². The average Bonchev–Trinajstić information content (AvgIpc) is 2.54. The number of methoxy groups -OCH3 is 1. The number of alkyl halides is 3. The van der Waals surface area contributed by atoms with Gasteiger partial charge in [0, 0.05) is 6.08 Å². The van der Waals surface area contributed by atoms with E-state index in [1.54, 1.807) is 0 Å². The molecule has 0 spiro atoms. The van der Waals surface area contributed by atoms with Crippen LogP contribution in [-0.2, 0) is 15.7 Å². The predicted molar refractivity (Wildman–Crippen MR) is 78.4 cm³/mol. The number of ether oxygens (including phenoxy) is 2. The molecule has 24 heavy (non-hydrogen) atoms. The Bertz CT molecular complexity index is 781. The first kappa shape index (κ1) is 17.8. The molecule has 1 aromatic carbocycles. The summed E-state index contributed by atoms with van der Waals surface area (Å²) in [5.74, 6) is -1.58. The Balaban J connectivity index is 2.28. The molecule has 0 radical (unpaired) electrons. The van der Waals surface area contributed by atoms with Crippen molar-refractivity contribution in [3.63, 3.8) is 0 Å². The number of carbonyl (C=O) groups excluding carboxylic acids is 1. The van der Waals surface area contributed by atoms with Crippen molar-refractivity contribution in [1.82, 2.24) is 0 Å². The Morgan fingerprint density at radius 1 is 1.33 bits per heavy atom. The second kappa shape index (κ2) is 6.90. The van der Waals surface area contributed by atoms with E-state index in [4.69, 9.17) is 21.9 Å². The maximum absolute atomic E-state index is 12.6. The SMILES string of the molecule is COC(=O)C1C=C(Oc2ccc(C(F)(F)F)cc2Cl)C=CC1=[N+]=[N-]. The summed E-state index contributed by atoms with van der Waals surface area (Å²) in [6.07, 6.45) is -0.527. The van der Waals surface area contributed by atoms with E-state index in [1.807, 2.05) is 0 Å². The number of rotatable bonds is 3. The van der Waals surface area contributed by atoms with Crippen LogP contribution in [0, 0.1) is 5.92 Å². The summed E-state index contributed by atoms with van der Waals surface area (Å²) < 4.78 is 47.8. The summed E-state index contributed by atoms with van der Waals surface area (Å²) in [6, 6.07) is 2.64. The van der Waals surface area contributed by atoms with Gasteiger partial charge in [-0.3, -0.25) is 4.79 Å². The molecule has 0 N–H and O–H groups in total. The van der Waals surface area contributed by atoms with Crippen LogP contribution in [0.1, 0.15) is 5.56 Å². The minimum absolute atomic E-state index is 0.0198. The standard InChI is InChI=1S/C15H10ClF3N2O3/c1-23-14(22)10-7-9(3-4-12(10)21-20)24-13-5-2-8(6-11(13)16)15(17,18)19/h2-7,10H,1H3. The van der Waals surface area contributed by atoms with Crippen LogP contribution in [0.4, 0.5) is 13.2 Å². The zero-order valence-electron chi connectivity index (χ0n) is 12.2. The number of hydrogen-bond donors (Lipinski definition) is 0. The first-order valence-electron chi connectivity index (χ1n) is 6.50. The third kappa shape index (κ3) is 3.84. The number of esters is 1. The van der Waals surface area contributed by atoms with Crippen molar-refractivity contribution in [3.05, 3.63) is 58.3 Å². The molecule has 126 valence electrons. The molecule has 2 rings (SSSR count). The van der Waals surface area contributed by atoms with Crippen LogP contribution in [-0.4, -0.2) is 23.6 Å². The van der Waals surface area contributed by atoms with Crippen LogP contribution in [0.5, 0.6) is 5.75 Å². The minimum Gasteiger partial charge on any atom is -0.468 e. The molecule has 0 aromatic heterocycles. The van der Waals surface area contributed by atoms with Crippen molar-refractivity contribution in [1.29, 1.82) is 0 Å². The Morgan fingerprint density at radius 2 is 2.04 bits per heavy atom. The van der Waals surface area contributed by atoms with E-state index in [0.717, 1.165) is 25.3 Å². The number of benzene rings is 1. The zero-order valence-corrected chi connectivity index (χ0v) is 12.9. The molecular formula is C15H10ClF3N2O3. The molecule has 1 aliphatic rings. The van der Waals surface area contributed by atoms with Crippen LogP contribution in [0.3, 0.4) is 0 Å². The number of carbonyl (C=O) groups is 1. The molecular weight excluding hydrogens is 349 g/mol. The maximum atomic E-state index is 12.6. The Morgan fingerprint density at radius 3 is 2.58 bits per heavy atom. The lowest BCUT2D eigenvalue weighted by molar-refractivity contribution is -0.142. The molecule has 0 saturated carbocycles. The lowest BCUT2D eigenvalue weighted by atomic mass is 9.98. The van der Waals surface area contributed by atoms with E-state index in [9.17, 15) is 18.0 Å². The maximum Gasteiger partial charge on any atom is 0.416 e. The first-order chi connectivity index (χ1) is 11.3. The molecule has 1 aliphatic carbocycles. The molecule has 9 heteroatoms. The van der Waals surface area contributed by atoms with E-state index in [-0.39, 0.29) is 22.2 Å². The number of allylic oxidation sites excluding steroid dienone is 2. The third-order valence-corrected chi connectivity index (χ3v) is 3.42. The van der Waals surface area contributed by atoms with Gasteiger partial charge in [0.15, 0.2) is 5.92 Å². The molecule has 0 fully saturated rings. The monoisotopic (exact) mass is 358 g/mol. The van der Waals surface area contributed by atoms with Gasteiger partial charge >= 0.3 is 17.9 Å². The van der Waals surface area contributed by atoms with Crippen molar-refractivity contribution < 1.29 is 32.2 Å². The Kier molecular flexibility index (Phi) is 5.11. The van der Waals surface area contributed by atoms with Crippen LogP contribution >= 0.6 is 11.6 Å². The smallest absolute Gasteiger partial charge is 0.416 e. The highest BCUT2D eigenvalue weighted by Gasteiger charge is 2.33. The van der Waals surface area contributed by atoms with Crippen LogP contribution in [0.2, 0.25) is 5.02 Å². The average molecular weight is 359 g/mol. The fourth-order valence-corrected chi connectivity index (χ4v) is 2.16. The largest absolute Gasteiger partial charge is 0.468 e. The van der Waals surface area contributed by atoms with Crippen molar-refractivity contribution in [2.24, 2.45) is 5.92 Å². The first-order valence-corrected chi connectivity index (χ1v) is 6.88. The van der Waals surface area contributed by atoms with Gasteiger partial charge in [0.25, 0.3) is 0 Å². The molecule has 0 bridgehead atoms.